The van der Waals surface area contributed by atoms with Crippen LogP contribution in [-0.2, 0) is 51.7 Å². The third kappa shape index (κ3) is 9.13. The molecule has 10 nitrogen and oxygen atoms in total. The molecule has 0 aromatic heterocycles. The van der Waals surface area contributed by atoms with Crippen molar-refractivity contribution >= 4 is 86.7 Å². The van der Waals surface area contributed by atoms with Gasteiger partial charge in [0.25, 0.3) is 0 Å². The van der Waals surface area contributed by atoms with E-state index in [-0.39, 0.29) is 58.3 Å². The second kappa shape index (κ2) is 20.3. The summed E-state index contributed by atoms with van der Waals surface area (Å²) in [4.78, 5) is 33.4. The maximum absolute atomic E-state index is 13.3. The van der Waals surface area contributed by atoms with Crippen molar-refractivity contribution in [1.29, 1.82) is 5.26 Å². The van der Waals surface area contributed by atoms with Crippen LogP contribution in [0.25, 0.3) is 9.69 Å². The first-order valence-electron chi connectivity index (χ1n) is 18.8. The summed E-state index contributed by atoms with van der Waals surface area (Å²) in [6, 6.07) is 11.1. The van der Waals surface area contributed by atoms with Gasteiger partial charge in [0, 0.05) is 25.0 Å². The highest BCUT2D eigenvalue weighted by Gasteiger charge is 2.65. The van der Waals surface area contributed by atoms with Crippen LogP contribution >= 0.6 is 59.6 Å². The van der Waals surface area contributed by atoms with E-state index in [0.717, 1.165) is 85.4 Å². The number of hydrogen-bond donors (Lipinski definition) is 1. The first kappa shape index (κ1) is 48.4. The number of rotatable bonds is 7. The molecule has 308 valence electrons. The molecule has 0 saturated heterocycles. The molecule has 0 unspecified atom stereocenters. The SMILES string of the molecule is Cl.S=C(Cl)Cl.[C-]#[N+]c1ccc2c(c1)[C@@](N)(C(=O)OCC)[C@]1(CC[C@H](OC)[C@@H](C)C1)C2.[C-]#[N+]c1ccc2c(c1)[C@@](SC#N)(C(=O)OCC)[C@]1(CC[C@H](OC)[C@@H](C)C1)C2. The molecule has 0 radical (unpaired) electrons. The van der Waals surface area contributed by atoms with E-state index < -0.39 is 15.7 Å². The van der Waals surface area contributed by atoms with E-state index in [4.69, 9.17) is 61.0 Å². The molecule has 0 bridgehead atoms. The van der Waals surface area contributed by atoms with Crippen LogP contribution in [-0.4, -0.2) is 55.4 Å². The average molecular weight is 878 g/mol. The second-order valence-corrected chi connectivity index (χ2v) is 18.0. The Morgan fingerprint density at radius 1 is 0.877 bits per heavy atom. The maximum atomic E-state index is 13.3. The number of esters is 2. The van der Waals surface area contributed by atoms with Gasteiger partial charge in [-0.05, 0) is 111 Å². The van der Waals surface area contributed by atoms with Gasteiger partial charge >= 0.3 is 11.9 Å². The molecule has 2 spiro atoms. The molecule has 2 N–H and O–H groups in total. The van der Waals surface area contributed by atoms with Gasteiger partial charge in [0.1, 0.15) is 10.9 Å². The largest absolute Gasteiger partial charge is 0.465 e. The van der Waals surface area contributed by atoms with Gasteiger partial charge in [0.2, 0.25) is 0 Å². The number of thiocyanates is 1. The van der Waals surface area contributed by atoms with Crippen molar-refractivity contribution in [1.82, 2.24) is 0 Å². The molecule has 2 aromatic carbocycles. The van der Waals surface area contributed by atoms with Crippen molar-refractivity contribution in [2.24, 2.45) is 28.4 Å². The monoisotopic (exact) mass is 876 g/mol. The van der Waals surface area contributed by atoms with E-state index in [9.17, 15) is 14.9 Å². The summed E-state index contributed by atoms with van der Waals surface area (Å²) in [6.07, 6.45) is 6.71. The van der Waals surface area contributed by atoms with E-state index in [1.165, 1.54) is 0 Å². The quantitative estimate of drug-likeness (QED) is 0.0944. The van der Waals surface area contributed by atoms with Crippen LogP contribution in [0.3, 0.4) is 0 Å². The van der Waals surface area contributed by atoms with Gasteiger partial charge < -0.3 is 24.7 Å². The second-order valence-electron chi connectivity index (χ2n) is 15.2. The normalized spacial score (nSPS) is 30.3. The van der Waals surface area contributed by atoms with E-state index >= 15 is 0 Å². The molecule has 0 heterocycles. The summed E-state index contributed by atoms with van der Waals surface area (Å²) >= 11 is 14.6. The number of nitrogens with zero attached hydrogens (tertiary/aromatic N) is 3. The number of nitriles is 1. The van der Waals surface area contributed by atoms with Gasteiger partial charge in [-0.1, -0.05) is 85.7 Å². The van der Waals surface area contributed by atoms with Crippen molar-refractivity contribution < 1.29 is 28.5 Å². The number of carbonyl (C=O) groups is 2. The van der Waals surface area contributed by atoms with E-state index in [1.54, 1.807) is 52.3 Å². The van der Waals surface area contributed by atoms with E-state index in [0.29, 0.717) is 23.9 Å². The summed E-state index contributed by atoms with van der Waals surface area (Å²) in [6.45, 7) is 23.1. The number of ether oxygens (including phenoxy) is 4. The summed E-state index contributed by atoms with van der Waals surface area (Å²) in [7, 11) is 3.47. The zero-order chi connectivity index (χ0) is 41.5. The molecule has 0 amide bonds. The fraction of sp³-hybridized carbons (Fsp3) is 0.571. The van der Waals surface area contributed by atoms with E-state index in [2.05, 4.69) is 41.2 Å². The van der Waals surface area contributed by atoms with Crippen molar-refractivity contribution in [3.8, 4) is 5.40 Å². The lowest BCUT2D eigenvalue weighted by atomic mass is 9.59. The van der Waals surface area contributed by atoms with Gasteiger partial charge in [-0.2, -0.15) is 5.26 Å². The van der Waals surface area contributed by atoms with Crippen LogP contribution in [0, 0.1) is 46.5 Å². The average Bonchev–Trinajstić information content (AvgIpc) is 3.56. The number of fused-ring (bicyclic) bond motifs is 2. The van der Waals surface area contributed by atoms with E-state index in [1.807, 2.05) is 12.1 Å². The first-order valence-corrected chi connectivity index (χ1v) is 20.7. The topological polar surface area (TPSA) is 130 Å². The Morgan fingerprint density at radius 2 is 1.32 bits per heavy atom. The van der Waals surface area contributed by atoms with Gasteiger partial charge in [-0.15, -0.1) is 12.4 Å². The van der Waals surface area contributed by atoms with Crippen LogP contribution in [0.1, 0.15) is 88.5 Å². The first-order chi connectivity index (χ1) is 26.6. The van der Waals surface area contributed by atoms with Crippen LogP contribution in [0.2, 0.25) is 0 Å². The van der Waals surface area contributed by atoms with Crippen LogP contribution in [0.4, 0.5) is 11.4 Å². The Morgan fingerprint density at radius 3 is 1.77 bits per heavy atom. The lowest BCUT2D eigenvalue weighted by Gasteiger charge is -2.48. The number of halogens is 3. The maximum Gasteiger partial charge on any atom is 0.331 e. The highest BCUT2D eigenvalue weighted by atomic mass is 35.5. The number of thioether (sulfide) groups is 1. The minimum atomic E-state index is -1.20. The van der Waals surface area contributed by atoms with Crippen LogP contribution < -0.4 is 5.73 Å². The molecule has 2 aromatic rings. The molecule has 4 aliphatic rings. The summed E-state index contributed by atoms with van der Waals surface area (Å²) in [5.41, 5.74) is 9.52. The number of nitrogens with two attached hydrogens (primary N) is 1. The van der Waals surface area contributed by atoms with Gasteiger partial charge in [-0.3, -0.25) is 4.79 Å². The van der Waals surface area contributed by atoms with Crippen molar-refractivity contribution in [3.05, 3.63) is 81.5 Å². The molecule has 2 fully saturated rings. The Labute approximate surface area is 362 Å². The smallest absolute Gasteiger partial charge is 0.331 e. The Balaban J connectivity index is 0.000000275. The van der Waals surface area contributed by atoms with Crippen LogP contribution in [0.15, 0.2) is 36.4 Å². The molecule has 15 heteroatoms. The Kier molecular flexibility index (Phi) is 17.3. The number of benzene rings is 2. The van der Waals surface area contributed by atoms with Crippen molar-refractivity contribution in [2.75, 3.05) is 27.4 Å². The van der Waals surface area contributed by atoms with Gasteiger partial charge in [-0.25, -0.2) is 14.5 Å². The predicted molar refractivity (Wildman–Crippen MR) is 231 cm³/mol. The molecule has 8 atom stereocenters. The van der Waals surface area contributed by atoms with Gasteiger partial charge in [0.15, 0.2) is 19.9 Å². The number of hydrogen-bond acceptors (Lipinski definition) is 10. The highest BCUT2D eigenvalue weighted by molar-refractivity contribution is 8.05. The lowest BCUT2D eigenvalue weighted by Crippen LogP contribution is -2.59. The highest BCUT2D eigenvalue weighted by Crippen LogP contribution is 2.65. The molecule has 0 aliphatic heterocycles. The Bertz CT molecular complexity index is 1930. The Hall–Kier alpha value is -2.96. The summed E-state index contributed by atoms with van der Waals surface area (Å²) < 4.78 is 21.0. The van der Waals surface area contributed by atoms with Crippen molar-refractivity contribution in [3.63, 3.8) is 0 Å². The summed E-state index contributed by atoms with van der Waals surface area (Å²) in [5.74, 6) is -0.156. The fourth-order valence-electron chi connectivity index (χ4n) is 10.0. The lowest BCUT2D eigenvalue weighted by molar-refractivity contribution is -0.159. The number of thiocarbonyl (C=S) groups is 1. The zero-order valence-electron chi connectivity index (χ0n) is 33.2. The third-order valence-electron chi connectivity index (χ3n) is 12.4. The van der Waals surface area contributed by atoms with Crippen molar-refractivity contribution in [2.45, 2.75) is 102 Å². The molecule has 4 aliphatic carbocycles. The zero-order valence-corrected chi connectivity index (χ0v) is 37.2. The number of methoxy groups -OCH3 is 2. The molecule has 57 heavy (non-hydrogen) atoms. The fourth-order valence-corrected chi connectivity index (χ4v) is 11.1. The molecule has 6 rings (SSSR count). The minimum absolute atomic E-state index is 0. The third-order valence-corrected chi connectivity index (χ3v) is 13.6. The standard InChI is InChI=1S/C21H24N2O3S.C20H26N2O3.CCl2S.ClH/c1-5-26-19(24)21(27-13-22)17-10-16(23-3)7-6-15(17)12-20(21)9-8-18(25-4)14(2)11-20;1-5-25-18(23)20(21)16-10-15(22-3)7-6-14(16)12-19(20)9-8-17(24-4)13(2)11-19;2-1(3)4;/h6-7,10,14,18H,5,8-9,11-12H2,1-2,4H3;6-7,10,13,17H,5,8-9,11-12,21H2,1-2,4H3;;1H/t14-,18-,20-,21+;13-,17-,19-,20+;;/m00../s1. The molecular formula is C42H51Cl3N4O6S2. The molecule has 2 saturated carbocycles. The predicted octanol–water partition coefficient (Wildman–Crippen LogP) is 10.1. The van der Waals surface area contributed by atoms with Gasteiger partial charge in [0.05, 0.1) is 38.6 Å². The summed E-state index contributed by atoms with van der Waals surface area (Å²) in [5, 5.41) is 11.8. The number of carbonyl (C=O) groups excluding carboxylic acids is 2. The minimum Gasteiger partial charge on any atom is -0.465 e. The molecular weight excluding hydrogens is 827 g/mol. The van der Waals surface area contributed by atoms with Crippen LogP contribution in [0.5, 0.6) is 0 Å².